The van der Waals surface area contributed by atoms with Crippen LogP contribution in [0.25, 0.3) is 0 Å². The van der Waals surface area contributed by atoms with Crippen LogP contribution in [-0.2, 0) is 10.0 Å². The molecule has 1 aromatic carbocycles. The van der Waals surface area contributed by atoms with E-state index in [1.807, 2.05) is 48.6 Å². The highest BCUT2D eigenvalue weighted by Crippen LogP contribution is 2.25. The van der Waals surface area contributed by atoms with E-state index in [0.29, 0.717) is 8.60 Å². The molecule has 0 fully saturated rings. The molecule has 2 rings (SSSR count). The van der Waals surface area contributed by atoms with E-state index in [2.05, 4.69) is 15.9 Å². The van der Waals surface area contributed by atoms with Crippen molar-refractivity contribution in [2.45, 2.75) is 18.7 Å². The zero-order chi connectivity index (χ0) is 13.5. The van der Waals surface area contributed by atoms with Crippen molar-refractivity contribution in [3.05, 3.63) is 49.8 Å². The average Bonchev–Trinajstić information content (AvgIpc) is 2.57. The number of hydrogen-bond acceptors (Lipinski definition) is 2. The maximum atomic E-state index is 12.5. The first-order valence-corrected chi connectivity index (χ1v) is 8.50. The molecule has 1 heterocycles. The lowest BCUT2D eigenvalue weighted by molar-refractivity contribution is 0.586. The first kappa shape index (κ1) is 14.1. The normalized spacial score (nSPS) is 11.8. The van der Waals surface area contributed by atoms with Crippen LogP contribution in [0.2, 0.25) is 0 Å². The van der Waals surface area contributed by atoms with E-state index < -0.39 is 10.0 Å². The van der Waals surface area contributed by atoms with Crippen LogP contribution in [0.15, 0.2) is 39.8 Å². The molecule has 2 aromatic rings. The summed E-state index contributed by atoms with van der Waals surface area (Å²) in [5, 5.41) is 0. The largest absolute Gasteiger partial charge is 0.268 e. The number of hydrogen-bond donors (Lipinski definition) is 0. The van der Waals surface area contributed by atoms with Gasteiger partial charge in [0.05, 0.1) is 8.60 Å². The van der Waals surface area contributed by atoms with E-state index in [1.54, 1.807) is 18.3 Å². The molecule has 0 bridgehead atoms. The fourth-order valence-electron chi connectivity index (χ4n) is 1.77. The van der Waals surface area contributed by atoms with Crippen LogP contribution in [0.1, 0.15) is 11.1 Å². The van der Waals surface area contributed by atoms with Gasteiger partial charge in [0.2, 0.25) is 0 Å². The van der Waals surface area contributed by atoms with Crippen LogP contribution >= 0.6 is 38.5 Å². The summed E-state index contributed by atoms with van der Waals surface area (Å²) in [7, 11) is -3.52. The highest BCUT2D eigenvalue weighted by Gasteiger charge is 2.21. The van der Waals surface area contributed by atoms with Crippen molar-refractivity contribution in [1.82, 2.24) is 3.97 Å². The van der Waals surface area contributed by atoms with Crippen molar-refractivity contribution in [3.8, 4) is 0 Å². The van der Waals surface area contributed by atoms with Gasteiger partial charge in [-0.1, -0.05) is 17.7 Å². The quantitative estimate of drug-likeness (QED) is 0.669. The molecule has 0 amide bonds. The van der Waals surface area contributed by atoms with E-state index in [-0.39, 0.29) is 0 Å². The Labute approximate surface area is 129 Å². The lowest BCUT2D eigenvalue weighted by Crippen LogP contribution is -2.14. The van der Waals surface area contributed by atoms with E-state index in [1.165, 1.54) is 3.97 Å². The first-order chi connectivity index (χ1) is 8.32. The summed E-state index contributed by atoms with van der Waals surface area (Å²) >= 11 is 5.29. The first-order valence-electron chi connectivity index (χ1n) is 5.18. The number of rotatable bonds is 2. The SMILES string of the molecule is Cc1ccc(S(=O)(=O)n2cc(Br)cc2I)c(C)c1. The molecule has 0 radical (unpaired) electrons. The van der Waals surface area contributed by atoms with E-state index in [0.717, 1.165) is 15.6 Å². The van der Waals surface area contributed by atoms with E-state index in [4.69, 9.17) is 0 Å². The molecule has 0 aliphatic carbocycles. The van der Waals surface area contributed by atoms with Gasteiger partial charge in [-0.05, 0) is 70.1 Å². The minimum Gasteiger partial charge on any atom is -0.235 e. The minimum atomic E-state index is -3.52. The molecule has 0 saturated heterocycles. The maximum absolute atomic E-state index is 12.5. The van der Waals surface area contributed by atoms with Crippen LogP contribution < -0.4 is 0 Å². The molecular formula is C12H11BrINO2S. The Bertz CT molecular complexity index is 707. The molecule has 0 N–H and O–H groups in total. The van der Waals surface area contributed by atoms with Gasteiger partial charge in [-0.3, -0.25) is 0 Å². The van der Waals surface area contributed by atoms with Crippen LogP contribution in [0.3, 0.4) is 0 Å². The lowest BCUT2D eigenvalue weighted by Gasteiger charge is -2.10. The monoisotopic (exact) mass is 439 g/mol. The molecule has 0 atom stereocenters. The topological polar surface area (TPSA) is 39.1 Å². The van der Waals surface area contributed by atoms with Crippen LogP contribution in [0.5, 0.6) is 0 Å². The Balaban J connectivity index is 2.65. The van der Waals surface area contributed by atoms with Gasteiger partial charge in [0, 0.05) is 10.7 Å². The highest BCUT2D eigenvalue weighted by molar-refractivity contribution is 14.1. The van der Waals surface area contributed by atoms with Gasteiger partial charge in [-0.25, -0.2) is 12.4 Å². The molecule has 3 nitrogen and oxygen atoms in total. The van der Waals surface area contributed by atoms with Crippen molar-refractivity contribution in [2.24, 2.45) is 0 Å². The number of benzene rings is 1. The number of aryl methyl sites for hydroxylation is 2. The fourth-order valence-corrected chi connectivity index (χ4v) is 5.46. The zero-order valence-electron chi connectivity index (χ0n) is 9.81. The third-order valence-corrected chi connectivity index (χ3v) is 6.00. The molecule has 0 aliphatic rings. The van der Waals surface area contributed by atoms with Gasteiger partial charge in [0.1, 0.15) is 0 Å². The summed E-state index contributed by atoms with van der Waals surface area (Å²) in [5.74, 6) is 0. The third-order valence-electron chi connectivity index (χ3n) is 2.58. The smallest absolute Gasteiger partial charge is 0.235 e. The predicted molar refractivity (Wildman–Crippen MR) is 83.3 cm³/mol. The van der Waals surface area contributed by atoms with Crippen molar-refractivity contribution in [2.75, 3.05) is 0 Å². The number of nitrogens with zero attached hydrogens (tertiary/aromatic N) is 1. The molecule has 0 unspecified atom stereocenters. The second kappa shape index (κ2) is 4.97. The van der Waals surface area contributed by atoms with Crippen molar-refractivity contribution < 1.29 is 8.42 Å². The van der Waals surface area contributed by atoms with Crippen LogP contribution in [0.4, 0.5) is 0 Å². The molecule has 0 saturated carbocycles. The summed E-state index contributed by atoms with van der Waals surface area (Å²) in [4.78, 5) is 0.342. The Hall–Kier alpha value is -0.340. The molecule has 6 heteroatoms. The third kappa shape index (κ3) is 2.50. The number of halogens is 2. The summed E-state index contributed by atoms with van der Waals surface area (Å²) in [6.45, 7) is 3.75. The predicted octanol–water partition coefficient (Wildman–Crippen LogP) is 3.71. The van der Waals surface area contributed by atoms with Gasteiger partial charge in [0.25, 0.3) is 10.0 Å². The summed E-state index contributed by atoms with van der Waals surface area (Å²) in [5.41, 5.74) is 1.81. The fraction of sp³-hybridized carbons (Fsp3) is 0.167. The number of aromatic nitrogens is 1. The van der Waals surface area contributed by atoms with Gasteiger partial charge in [-0.2, -0.15) is 0 Å². The molecule has 0 spiro atoms. The molecule has 1 aromatic heterocycles. The Morgan fingerprint density at radius 1 is 1.22 bits per heavy atom. The molecular weight excluding hydrogens is 429 g/mol. The van der Waals surface area contributed by atoms with Gasteiger partial charge < -0.3 is 0 Å². The zero-order valence-corrected chi connectivity index (χ0v) is 14.4. The second-order valence-electron chi connectivity index (χ2n) is 4.05. The maximum Gasteiger partial charge on any atom is 0.268 e. The van der Waals surface area contributed by atoms with Crippen molar-refractivity contribution >= 4 is 48.5 Å². The lowest BCUT2D eigenvalue weighted by atomic mass is 10.2. The molecule has 0 aliphatic heterocycles. The van der Waals surface area contributed by atoms with Gasteiger partial charge >= 0.3 is 0 Å². The van der Waals surface area contributed by atoms with Crippen LogP contribution in [0, 0.1) is 17.5 Å². The standard InChI is InChI=1S/C12H11BrINO2S/c1-8-3-4-11(9(2)5-8)18(16,17)15-7-10(13)6-12(15)14/h3-7H,1-2H3. The van der Waals surface area contributed by atoms with Crippen molar-refractivity contribution in [1.29, 1.82) is 0 Å². The Morgan fingerprint density at radius 2 is 1.89 bits per heavy atom. The molecule has 18 heavy (non-hydrogen) atoms. The van der Waals surface area contributed by atoms with Gasteiger partial charge in [0.15, 0.2) is 0 Å². The van der Waals surface area contributed by atoms with Crippen molar-refractivity contribution in [3.63, 3.8) is 0 Å². The summed E-state index contributed by atoms with van der Waals surface area (Å²) in [6.07, 6.45) is 1.57. The Kier molecular flexibility index (Phi) is 3.89. The minimum absolute atomic E-state index is 0.342. The summed E-state index contributed by atoms with van der Waals surface area (Å²) < 4.78 is 27.8. The highest BCUT2D eigenvalue weighted by atomic mass is 127. The van der Waals surface area contributed by atoms with E-state index in [9.17, 15) is 8.42 Å². The Morgan fingerprint density at radius 3 is 2.39 bits per heavy atom. The average molecular weight is 440 g/mol. The second-order valence-corrected chi connectivity index (χ2v) is 7.86. The van der Waals surface area contributed by atoms with Crippen LogP contribution in [-0.4, -0.2) is 12.4 Å². The summed E-state index contributed by atoms with van der Waals surface area (Å²) in [6, 6.07) is 7.11. The molecule has 96 valence electrons. The van der Waals surface area contributed by atoms with Gasteiger partial charge in [-0.15, -0.1) is 0 Å². The van der Waals surface area contributed by atoms with E-state index >= 15 is 0 Å².